The van der Waals surface area contributed by atoms with Gasteiger partial charge in [0, 0.05) is 23.9 Å². The van der Waals surface area contributed by atoms with E-state index in [9.17, 15) is 4.79 Å². The fourth-order valence-corrected chi connectivity index (χ4v) is 3.66. The Bertz CT molecular complexity index is 679. The molecule has 3 rings (SSSR count). The van der Waals surface area contributed by atoms with Crippen LogP contribution in [0, 0.1) is 0 Å². The summed E-state index contributed by atoms with van der Waals surface area (Å²) < 4.78 is 0. The number of ketones is 1. The first kappa shape index (κ1) is 14.0. The van der Waals surface area contributed by atoms with Crippen molar-refractivity contribution in [3.05, 3.63) is 71.3 Å². The van der Waals surface area contributed by atoms with Crippen LogP contribution in [0.5, 0.6) is 0 Å². The molecule has 0 bridgehead atoms. The molecular formula is C18H17NOS. The number of thioether (sulfide) groups is 1. The molecule has 0 amide bonds. The molecule has 21 heavy (non-hydrogen) atoms. The maximum Gasteiger partial charge on any atom is 0.162 e. The summed E-state index contributed by atoms with van der Waals surface area (Å²) >= 11 is 1.67. The second kappa shape index (κ2) is 6.19. The Morgan fingerprint density at radius 3 is 2.57 bits per heavy atom. The van der Waals surface area contributed by atoms with E-state index >= 15 is 0 Å². The van der Waals surface area contributed by atoms with E-state index in [1.807, 2.05) is 42.5 Å². The van der Waals surface area contributed by atoms with Gasteiger partial charge < -0.3 is 4.90 Å². The van der Waals surface area contributed by atoms with Gasteiger partial charge in [0.2, 0.25) is 0 Å². The second-order valence-electron chi connectivity index (χ2n) is 4.93. The van der Waals surface area contributed by atoms with Crippen molar-refractivity contribution in [3.8, 4) is 0 Å². The molecule has 1 heterocycles. The number of rotatable bonds is 4. The first-order chi connectivity index (χ1) is 10.3. The molecule has 1 aliphatic rings. The maximum atomic E-state index is 12.3. The third-order valence-corrected chi connectivity index (χ3v) is 4.57. The Balaban J connectivity index is 1.79. The van der Waals surface area contributed by atoms with Gasteiger partial charge in [0.15, 0.2) is 5.78 Å². The third-order valence-electron chi connectivity index (χ3n) is 3.46. The quantitative estimate of drug-likeness (QED) is 0.786. The van der Waals surface area contributed by atoms with E-state index in [0.29, 0.717) is 6.42 Å². The molecule has 0 aromatic heterocycles. The Morgan fingerprint density at radius 1 is 1.10 bits per heavy atom. The lowest BCUT2D eigenvalue weighted by molar-refractivity contribution is -0.114. The highest BCUT2D eigenvalue weighted by molar-refractivity contribution is 8.03. The molecule has 2 nitrogen and oxygen atoms in total. The van der Waals surface area contributed by atoms with E-state index in [1.165, 1.54) is 10.6 Å². The number of hydrogen-bond acceptors (Lipinski definition) is 3. The lowest BCUT2D eigenvalue weighted by Crippen LogP contribution is -2.17. The summed E-state index contributed by atoms with van der Waals surface area (Å²) in [5, 5.41) is 1.03. The van der Waals surface area contributed by atoms with Crippen LogP contribution in [0.2, 0.25) is 0 Å². The van der Waals surface area contributed by atoms with Gasteiger partial charge >= 0.3 is 0 Å². The SMILES string of the molecule is CCN1/C(=C\C(=O)Cc2ccccc2)Sc2ccccc21. The smallest absolute Gasteiger partial charge is 0.162 e. The molecule has 0 atom stereocenters. The Morgan fingerprint density at radius 2 is 1.81 bits per heavy atom. The van der Waals surface area contributed by atoms with Gasteiger partial charge in [-0.2, -0.15) is 0 Å². The van der Waals surface area contributed by atoms with Crippen molar-refractivity contribution >= 4 is 23.2 Å². The zero-order valence-corrected chi connectivity index (χ0v) is 12.8. The van der Waals surface area contributed by atoms with Crippen LogP contribution in [0.25, 0.3) is 0 Å². The minimum Gasteiger partial charge on any atom is -0.335 e. The fraction of sp³-hybridized carbons (Fsp3) is 0.167. The van der Waals surface area contributed by atoms with Gasteiger partial charge in [0.1, 0.15) is 0 Å². The van der Waals surface area contributed by atoms with E-state index < -0.39 is 0 Å². The molecule has 0 N–H and O–H groups in total. The summed E-state index contributed by atoms with van der Waals surface area (Å²) in [4.78, 5) is 15.7. The minimum absolute atomic E-state index is 0.148. The van der Waals surface area contributed by atoms with Crippen molar-refractivity contribution in [2.24, 2.45) is 0 Å². The topological polar surface area (TPSA) is 20.3 Å². The number of hydrogen-bond donors (Lipinski definition) is 0. The number of para-hydroxylation sites is 1. The minimum atomic E-state index is 0.148. The molecule has 0 fully saturated rings. The molecule has 0 radical (unpaired) electrons. The summed E-state index contributed by atoms with van der Waals surface area (Å²) in [6, 6.07) is 18.2. The molecule has 1 aliphatic heterocycles. The summed E-state index contributed by atoms with van der Waals surface area (Å²) in [5.74, 6) is 0.148. The Labute approximate surface area is 129 Å². The molecule has 0 aliphatic carbocycles. The molecule has 106 valence electrons. The number of benzene rings is 2. The molecule has 0 spiro atoms. The van der Waals surface area contributed by atoms with E-state index in [4.69, 9.17) is 0 Å². The molecular weight excluding hydrogens is 278 g/mol. The van der Waals surface area contributed by atoms with E-state index in [1.54, 1.807) is 17.8 Å². The highest BCUT2D eigenvalue weighted by Crippen LogP contribution is 2.45. The average Bonchev–Trinajstić information content (AvgIpc) is 2.85. The first-order valence-electron chi connectivity index (χ1n) is 7.11. The monoisotopic (exact) mass is 295 g/mol. The van der Waals surface area contributed by atoms with E-state index in [0.717, 1.165) is 17.1 Å². The molecule has 3 heteroatoms. The van der Waals surface area contributed by atoms with Gasteiger partial charge in [-0.05, 0) is 24.6 Å². The molecule has 0 saturated carbocycles. The lowest BCUT2D eigenvalue weighted by atomic mass is 10.1. The zero-order chi connectivity index (χ0) is 14.7. The third kappa shape index (κ3) is 3.03. The van der Waals surface area contributed by atoms with Crippen LogP contribution >= 0.6 is 11.8 Å². The molecule has 2 aromatic carbocycles. The van der Waals surface area contributed by atoms with Crippen molar-refractivity contribution in [1.82, 2.24) is 0 Å². The number of allylic oxidation sites excluding steroid dienone is 1. The molecule has 0 saturated heterocycles. The van der Waals surface area contributed by atoms with Gasteiger partial charge in [-0.15, -0.1) is 0 Å². The summed E-state index contributed by atoms with van der Waals surface area (Å²) in [5.41, 5.74) is 2.26. The van der Waals surface area contributed by atoms with Gasteiger partial charge in [0.05, 0.1) is 10.7 Å². The zero-order valence-electron chi connectivity index (χ0n) is 12.0. The predicted molar refractivity (Wildman–Crippen MR) is 88.6 cm³/mol. The van der Waals surface area contributed by atoms with Crippen molar-refractivity contribution < 1.29 is 4.79 Å². The van der Waals surface area contributed by atoms with Crippen LogP contribution in [0.3, 0.4) is 0 Å². The number of carbonyl (C=O) groups is 1. The highest BCUT2D eigenvalue weighted by Gasteiger charge is 2.23. The number of nitrogens with zero attached hydrogens (tertiary/aromatic N) is 1. The Hall–Kier alpha value is -2.00. The second-order valence-corrected chi connectivity index (χ2v) is 5.99. The number of anilines is 1. The van der Waals surface area contributed by atoms with Crippen LogP contribution in [0.1, 0.15) is 12.5 Å². The van der Waals surface area contributed by atoms with Crippen LogP contribution in [-0.2, 0) is 11.2 Å². The largest absolute Gasteiger partial charge is 0.335 e. The van der Waals surface area contributed by atoms with Crippen molar-refractivity contribution in [3.63, 3.8) is 0 Å². The lowest BCUT2D eigenvalue weighted by Gasteiger charge is -2.17. The average molecular weight is 295 g/mol. The predicted octanol–water partition coefficient (Wildman–Crippen LogP) is 4.27. The summed E-state index contributed by atoms with van der Waals surface area (Å²) in [6.45, 7) is 2.98. The summed E-state index contributed by atoms with van der Waals surface area (Å²) in [6.07, 6.45) is 2.24. The van der Waals surface area contributed by atoms with Crippen LogP contribution in [0.15, 0.2) is 70.6 Å². The van der Waals surface area contributed by atoms with Gasteiger partial charge in [-0.3, -0.25) is 4.79 Å². The van der Waals surface area contributed by atoms with Crippen LogP contribution < -0.4 is 4.90 Å². The molecule has 0 unspecified atom stereocenters. The van der Waals surface area contributed by atoms with Gasteiger partial charge in [-0.1, -0.05) is 54.2 Å². The highest BCUT2D eigenvalue weighted by atomic mass is 32.2. The van der Waals surface area contributed by atoms with Crippen molar-refractivity contribution in [2.75, 3.05) is 11.4 Å². The van der Waals surface area contributed by atoms with Crippen molar-refractivity contribution in [2.45, 2.75) is 18.2 Å². The van der Waals surface area contributed by atoms with Gasteiger partial charge in [-0.25, -0.2) is 0 Å². The number of fused-ring (bicyclic) bond motifs is 1. The summed E-state index contributed by atoms with van der Waals surface area (Å²) in [7, 11) is 0. The number of carbonyl (C=O) groups excluding carboxylic acids is 1. The maximum absolute atomic E-state index is 12.3. The van der Waals surface area contributed by atoms with Crippen LogP contribution in [-0.4, -0.2) is 12.3 Å². The standard InChI is InChI=1S/C18H17NOS/c1-2-19-16-10-6-7-11-17(16)21-18(19)13-15(20)12-14-8-4-3-5-9-14/h3-11,13H,2,12H2,1H3/b18-13+. The fourth-order valence-electron chi connectivity index (χ4n) is 2.47. The molecule has 2 aromatic rings. The van der Waals surface area contributed by atoms with Crippen molar-refractivity contribution in [1.29, 1.82) is 0 Å². The Kier molecular flexibility index (Phi) is 4.11. The van der Waals surface area contributed by atoms with Crippen LogP contribution in [0.4, 0.5) is 5.69 Å². The van der Waals surface area contributed by atoms with E-state index in [-0.39, 0.29) is 5.78 Å². The van der Waals surface area contributed by atoms with Gasteiger partial charge in [0.25, 0.3) is 0 Å². The normalized spacial score (nSPS) is 15.3. The first-order valence-corrected chi connectivity index (χ1v) is 7.92. The van der Waals surface area contributed by atoms with E-state index in [2.05, 4.69) is 24.0 Å².